The standard InChI is InChI=1S/C9H17N3/c1-10-4-6-12-7-5-11-9(12)8-2-3-8/h8,10H,2-7H2,1H3. The Morgan fingerprint density at radius 2 is 2.42 bits per heavy atom. The summed E-state index contributed by atoms with van der Waals surface area (Å²) in [6, 6.07) is 0. The van der Waals surface area contributed by atoms with Crippen LogP contribution in [-0.4, -0.2) is 44.0 Å². The van der Waals surface area contributed by atoms with Gasteiger partial charge >= 0.3 is 0 Å². The van der Waals surface area contributed by atoms with E-state index in [0.29, 0.717) is 0 Å². The summed E-state index contributed by atoms with van der Waals surface area (Å²) in [5, 5.41) is 3.18. The maximum atomic E-state index is 4.55. The first kappa shape index (κ1) is 8.05. The van der Waals surface area contributed by atoms with Crippen LogP contribution in [0.15, 0.2) is 4.99 Å². The highest BCUT2D eigenvalue weighted by atomic mass is 15.2. The molecule has 3 heteroatoms. The van der Waals surface area contributed by atoms with Gasteiger partial charge in [-0.3, -0.25) is 4.99 Å². The van der Waals surface area contributed by atoms with Crippen molar-refractivity contribution in [3.05, 3.63) is 0 Å². The van der Waals surface area contributed by atoms with E-state index in [1.54, 1.807) is 0 Å². The molecule has 1 heterocycles. The third-order valence-electron chi connectivity index (χ3n) is 2.54. The summed E-state index contributed by atoms with van der Waals surface area (Å²) in [6.45, 7) is 4.38. The first-order valence-electron chi connectivity index (χ1n) is 4.85. The van der Waals surface area contributed by atoms with Crippen molar-refractivity contribution < 1.29 is 0 Å². The summed E-state index contributed by atoms with van der Waals surface area (Å²) in [4.78, 5) is 6.99. The molecule has 1 aliphatic heterocycles. The minimum absolute atomic E-state index is 0.823. The minimum atomic E-state index is 0.823. The number of hydrogen-bond donors (Lipinski definition) is 1. The fraction of sp³-hybridized carbons (Fsp3) is 0.889. The Balaban J connectivity index is 1.84. The van der Waals surface area contributed by atoms with E-state index < -0.39 is 0 Å². The monoisotopic (exact) mass is 167 g/mol. The van der Waals surface area contributed by atoms with Crippen LogP contribution in [0.4, 0.5) is 0 Å². The lowest BCUT2D eigenvalue weighted by atomic mass is 10.3. The maximum absolute atomic E-state index is 4.55. The van der Waals surface area contributed by atoms with Crippen molar-refractivity contribution >= 4 is 5.84 Å². The van der Waals surface area contributed by atoms with Gasteiger partial charge in [-0.1, -0.05) is 0 Å². The summed E-state index contributed by atoms with van der Waals surface area (Å²) in [6.07, 6.45) is 2.74. The predicted molar refractivity (Wildman–Crippen MR) is 50.5 cm³/mol. The normalized spacial score (nSPS) is 23.1. The first-order valence-corrected chi connectivity index (χ1v) is 4.85. The van der Waals surface area contributed by atoms with Gasteiger partial charge in [0.05, 0.1) is 6.54 Å². The van der Waals surface area contributed by atoms with E-state index in [-0.39, 0.29) is 0 Å². The summed E-state index contributed by atoms with van der Waals surface area (Å²) >= 11 is 0. The van der Waals surface area contributed by atoms with Crippen molar-refractivity contribution in [3.63, 3.8) is 0 Å². The zero-order valence-corrected chi connectivity index (χ0v) is 7.71. The van der Waals surface area contributed by atoms with Crippen LogP contribution < -0.4 is 5.32 Å². The molecule has 1 aliphatic carbocycles. The van der Waals surface area contributed by atoms with Crippen LogP contribution in [0.3, 0.4) is 0 Å². The molecule has 12 heavy (non-hydrogen) atoms. The van der Waals surface area contributed by atoms with Crippen LogP contribution in [0.1, 0.15) is 12.8 Å². The summed E-state index contributed by atoms with van der Waals surface area (Å²) < 4.78 is 0. The van der Waals surface area contributed by atoms with Crippen LogP contribution in [0.25, 0.3) is 0 Å². The lowest BCUT2D eigenvalue weighted by Gasteiger charge is -2.19. The second-order valence-corrected chi connectivity index (χ2v) is 3.60. The Morgan fingerprint density at radius 3 is 3.08 bits per heavy atom. The Hall–Kier alpha value is -0.570. The molecule has 0 aromatic heterocycles. The average Bonchev–Trinajstić information content (AvgIpc) is 2.83. The molecule has 0 aromatic carbocycles. The molecule has 2 aliphatic rings. The molecular formula is C9H17N3. The van der Waals surface area contributed by atoms with Crippen molar-refractivity contribution in [2.75, 3.05) is 33.2 Å². The van der Waals surface area contributed by atoms with Crippen LogP contribution in [-0.2, 0) is 0 Å². The van der Waals surface area contributed by atoms with E-state index in [1.165, 1.54) is 18.7 Å². The van der Waals surface area contributed by atoms with Crippen LogP contribution in [0.5, 0.6) is 0 Å². The smallest absolute Gasteiger partial charge is 0.102 e. The second kappa shape index (κ2) is 3.44. The number of rotatable bonds is 4. The van der Waals surface area contributed by atoms with E-state index in [4.69, 9.17) is 0 Å². The lowest BCUT2D eigenvalue weighted by Crippen LogP contribution is -2.34. The Kier molecular flexibility index (Phi) is 2.30. The van der Waals surface area contributed by atoms with Gasteiger partial charge < -0.3 is 10.2 Å². The van der Waals surface area contributed by atoms with E-state index in [2.05, 4.69) is 15.2 Å². The van der Waals surface area contributed by atoms with Crippen LogP contribution in [0, 0.1) is 5.92 Å². The molecule has 3 nitrogen and oxygen atoms in total. The van der Waals surface area contributed by atoms with Crippen molar-refractivity contribution in [2.24, 2.45) is 10.9 Å². The van der Waals surface area contributed by atoms with Crippen molar-refractivity contribution in [1.82, 2.24) is 10.2 Å². The van der Waals surface area contributed by atoms with Gasteiger partial charge in [-0.2, -0.15) is 0 Å². The summed E-state index contributed by atoms with van der Waals surface area (Å²) in [5.41, 5.74) is 0. The van der Waals surface area contributed by atoms with Gasteiger partial charge in [-0.25, -0.2) is 0 Å². The predicted octanol–water partition coefficient (Wildman–Crippen LogP) is 0.330. The van der Waals surface area contributed by atoms with E-state index in [1.807, 2.05) is 7.05 Å². The molecule has 0 atom stereocenters. The van der Waals surface area contributed by atoms with Gasteiger partial charge in [0.2, 0.25) is 0 Å². The number of likely N-dealkylation sites (N-methyl/N-ethyl adjacent to an activating group) is 1. The molecule has 0 amide bonds. The third kappa shape index (κ3) is 1.61. The molecule has 0 saturated heterocycles. The molecular weight excluding hydrogens is 150 g/mol. The molecule has 68 valence electrons. The quantitative estimate of drug-likeness (QED) is 0.653. The molecule has 0 aromatic rings. The SMILES string of the molecule is CNCCN1CCN=C1C1CC1. The van der Waals surface area contributed by atoms with Crippen LogP contribution in [0.2, 0.25) is 0 Å². The highest BCUT2D eigenvalue weighted by molar-refractivity contribution is 5.87. The van der Waals surface area contributed by atoms with E-state index in [0.717, 1.165) is 32.1 Å². The van der Waals surface area contributed by atoms with Gasteiger partial charge in [0, 0.05) is 25.6 Å². The zero-order chi connectivity index (χ0) is 8.39. The lowest BCUT2D eigenvalue weighted by molar-refractivity contribution is 0.443. The molecule has 0 spiro atoms. The van der Waals surface area contributed by atoms with Gasteiger partial charge in [-0.15, -0.1) is 0 Å². The Morgan fingerprint density at radius 1 is 1.58 bits per heavy atom. The number of nitrogens with zero attached hydrogens (tertiary/aromatic N) is 2. The number of nitrogens with one attached hydrogen (secondary N) is 1. The zero-order valence-electron chi connectivity index (χ0n) is 7.71. The molecule has 0 radical (unpaired) electrons. The molecule has 1 N–H and O–H groups in total. The van der Waals surface area contributed by atoms with Gasteiger partial charge in [0.25, 0.3) is 0 Å². The Bertz CT molecular complexity index is 184. The molecule has 1 saturated carbocycles. The third-order valence-corrected chi connectivity index (χ3v) is 2.54. The number of amidine groups is 1. The number of hydrogen-bond acceptors (Lipinski definition) is 3. The first-order chi connectivity index (χ1) is 5.92. The van der Waals surface area contributed by atoms with Crippen molar-refractivity contribution in [2.45, 2.75) is 12.8 Å². The summed E-state index contributed by atoms with van der Waals surface area (Å²) in [7, 11) is 2.00. The molecule has 1 fully saturated rings. The Labute approximate surface area is 73.9 Å². The van der Waals surface area contributed by atoms with E-state index >= 15 is 0 Å². The topological polar surface area (TPSA) is 27.6 Å². The highest BCUT2D eigenvalue weighted by Crippen LogP contribution is 2.33. The highest BCUT2D eigenvalue weighted by Gasteiger charge is 2.32. The largest absolute Gasteiger partial charge is 0.357 e. The summed E-state index contributed by atoms with van der Waals surface area (Å²) in [5.74, 6) is 2.22. The fourth-order valence-electron chi connectivity index (χ4n) is 1.70. The van der Waals surface area contributed by atoms with Crippen LogP contribution >= 0.6 is 0 Å². The van der Waals surface area contributed by atoms with Gasteiger partial charge in [0.15, 0.2) is 0 Å². The van der Waals surface area contributed by atoms with Gasteiger partial charge in [-0.05, 0) is 19.9 Å². The fourth-order valence-corrected chi connectivity index (χ4v) is 1.70. The van der Waals surface area contributed by atoms with Crippen molar-refractivity contribution in [1.29, 1.82) is 0 Å². The van der Waals surface area contributed by atoms with Crippen molar-refractivity contribution in [3.8, 4) is 0 Å². The average molecular weight is 167 g/mol. The molecule has 2 rings (SSSR count). The van der Waals surface area contributed by atoms with E-state index in [9.17, 15) is 0 Å². The maximum Gasteiger partial charge on any atom is 0.102 e. The van der Waals surface area contributed by atoms with Gasteiger partial charge in [0.1, 0.15) is 5.84 Å². The molecule has 0 unspecified atom stereocenters. The number of aliphatic imine (C=N–C) groups is 1. The second-order valence-electron chi connectivity index (χ2n) is 3.60. The minimum Gasteiger partial charge on any atom is -0.357 e. The molecule has 0 bridgehead atoms.